The lowest BCUT2D eigenvalue weighted by Crippen LogP contribution is -2.40. The zero-order chi connectivity index (χ0) is 19.0. The molecule has 5 nitrogen and oxygen atoms in total. The number of benzene rings is 1. The summed E-state index contributed by atoms with van der Waals surface area (Å²) in [6, 6.07) is 5.43. The van der Waals surface area contributed by atoms with E-state index in [1.165, 1.54) is 6.07 Å². The van der Waals surface area contributed by atoms with Gasteiger partial charge in [0.05, 0.1) is 5.56 Å². The van der Waals surface area contributed by atoms with Gasteiger partial charge in [-0.05, 0) is 30.5 Å². The molecular formula is C18H26F3IN4O. The Morgan fingerprint density at radius 2 is 1.93 bits per heavy atom. The fourth-order valence-corrected chi connectivity index (χ4v) is 2.93. The van der Waals surface area contributed by atoms with E-state index in [2.05, 4.69) is 20.9 Å². The van der Waals surface area contributed by atoms with Crippen molar-refractivity contribution < 1.29 is 18.0 Å². The third kappa shape index (κ3) is 8.35. The van der Waals surface area contributed by atoms with Gasteiger partial charge < -0.3 is 16.0 Å². The zero-order valence-electron chi connectivity index (χ0n) is 15.2. The van der Waals surface area contributed by atoms with Gasteiger partial charge in [-0.1, -0.05) is 25.0 Å². The van der Waals surface area contributed by atoms with E-state index >= 15 is 0 Å². The first-order valence-electron chi connectivity index (χ1n) is 8.78. The predicted molar refractivity (Wildman–Crippen MR) is 110 cm³/mol. The van der Waals surface area contributed by atoms with E-state index < -0.39 is 11.7 Å². The van der Waals surface area contributed by atoms with Crippen molar-refractivity contribution >= 4 is 35.8 Å². The molecule has 0 spiro atoms. The summed E-state index contributed by atoms with van der Waals surface area (Å²) in [5, 5.41) is 8.95. The number of halogens is 4. The lowest BCUT2D eigenvalue weighted by molar-refractivity contribution is -0.137. The van der Waals surface area contributed by atoms with Gasteiger partial charge >= 0.3 is 6.18 Å². The van der Waals surface area contributed by atoms with Crippen molar-refractivity contribution in [3.05, 3.63) is 35.4 Å². The quantitative estimate of drug-likeness (QED) is 0.320. The molecule has 0 radical (unpaired) electrons. The van der Waals surface area contributed by atoms with E-state index in [0.29, 0.717) is 30.5 Å². The fourth-order valence-electron chi connectivity index (χ4n) is 2.93. The van der Waals surface area contributed by atoms with Crippen LogP contribution in [0.2, 0.25) is 0 Å². The molecule has 1 aromatic carbocycles. The molecule has 0 unspecified atom stereocenters. The molecule has 2 rings (SSSR count). The van der Waals surface area contributed by atoms with Gasteiger partial charge in [0, 0.05) is 32.6 Å². The molecule has 3 N–H and O–H groups in total. The molecule has 0 bridgehead atoms. The standard InChI is InChI=1S/C18H25F3N4O.HI/c1-22-17(23-10-9-16(26)25-15-7-2-3-8-15)24-12-13-5-4-6-14(11-13)18(19,20)21;/h4-6,11,15H,2-3,7-10,12H2,1H3,(H,25,26)(H2,22,23,24);1H. The summed E-state index contributed by atoms with van der Waals surface area (Å²) in [7, 11) is 1.57. The Labute approximate surface area is 174 Å². The maximum absolute atomic E-state index is 12.7. The van der Waals surface area contributed by atoms with E-state index in [-0.39, 0.29) is 36.4 Å². The summed E-state index contributed by atoms with van der Waals surface area (Å²) in [5.74, 6) is 0.439. The molecule has 1 aromatic rings. The van der Waals surface area contributed by atoms with Crippen LogP contribution in [-0.2, 0) is 17.5 Å². The summed E-state index contributed by atoms with van der Waals surface area (Å²) in [5.41, 5.74) is -0.176. The predicted octanol–water partition coefficient (Wildman–Crippen LogP) is 3.44. The Kier molecular flexibility index (Phi) is 9.89. The van der Waals surface area contributed by atoms with E-state index in [9.17, 15) is 18.0 Å². The first kappa shape index (κ1) is 23.5. The summed E-state index contributed by atoms with van der Waals surface area (Å²) >= 11 is 0. The number of carbonyl (C=O) groups excluding carboxylic acids is 1. The Balaban J connectivity index is 0.00000364. The molecule has 0 aromatic heterocycles. The molecule has 0 saturated heterocycles. The van der Waals surface area contributed by atoms with E-state index in [0.717, 1.165) is 37.8 Å². The van der Waals surface area contributed by atoms with Crippen molar-refractivity contribution in [2.45, 2.75) is 50.9 Å². The minimum Gasteiger partial charge on any atom is -0.356 e. The van der Waals surface area contributed by atoms with Crippen LogP contribution in [0.3, 0.4) is 0 Å². The summed E-state index contributed by atoms with van der Waals surface area (Å²) in [4.78, 5) is 15.9. The third-order valence-electron chi connectivity index (χ3n) is 4.30. The monoisotopic (exact) mass is 498 g/mol. The highest BCUT2D eigenvalue weighted by Crippen LogP contribution is 2.29. The highest BCUT2D eigenvalue weighted by atomic mass is 127. The molecular weight excluding hydrogens is 472 g/mol. The Morgan fingerprint density at radius 1 is 1.22 bits per heavy atom. The second-order valence-electron chi connectivity index (χ2n) is 6.35. The highest BCUT2D eigenvalue weighted by Gasteiger charge is 2.30. The van der Waals surface area contributed by atoms with Crippen molar-refractivity contribution in [1.82, 2.24) is 16.0 Å². The highest BCUT2D eigenvalue weighted by molar-refractivity contribution is 14.0. The van der Waals surface area contributed by atoms with Crippen molar-refractivity contribution in [3.63, 3.8) is 0 Å². The van der Waals surface area contributed by atoms with Crippen LogP contribution in [-0.4, -0.2) is 31.5 Å². The van der Waals surface area contributed by atoms with E-state index in [1.807, 2.05) is 0 Å². The summed E-state index contributed by atoms with van der Waals surface area (Å²) < 4.78 is 38.2. The van der Waals surface area contributed by atoms with Crippen LogP contribution in [0, 0.1) is 0 Å². The minimum atomic E-state index is -4.36. The molecule has 1 saturated carbocycles. The van der Waals surface area contributed by atoms with Crippen LogP contribution in [0.15, 0.2) is 29.3 Å². The number of rotatable bonds is 6. The molecule has 0 atom stereocenters. The van der Waals surface area contributed by atoms with Gasteiger partial charge in [-0.15, -0.1) is 24.0 Å². The molecule has 0 heterocycles. The number of nitrogens with one attached hydrogen (secondary N) is 3. The number of carbonyl (C=O) groups is 1. The lowest BCUT2D eigenvalue weighted by Gasteiger charge is -2.14. The van der Waals surface area contributed by atoms with Crippen LogP contribution in [0.25, 0.3) is 0 Å². The Bertz CT molecular complexity index is 631. The molecule has 9 heteroatoms. The largest absolute Gasteiger partial charge is 0.416 e. The molecule has 1 fully saturated rings. The van der Waals surface area contributed by atoms with E-state index in [1.54, 1.807) is 13.1 Å². The molecule has 0 aliphatic heterocycles. The van der Waals surface area contributed by atoms with Gasteiger partial charge in [0.1, 0.15) is 0 Å². The number of hydrogen-bond acceptors (Lipinski definition) is 2. The molecule has 1 amide bonds. The van der Waals surface area contributed by atoms with Crippen molar-refractivity contribution in [1.29, 1.82) is 0 Å². The second-order valence-corrected chi connectivity index (χ2v) is 6.35. The number of aliphatic imine (C=N–C) groups is 1. The van der Waals surface area contributed by atoms with Crippen molar-refractivity contribution in [2.75, 3.05) is 13.6 Å². The number of amides is 1. The fraction of sp³-hybridized carbons (Fsp3) is 0.556. The molecule has 1 aliphatic carbocycles. The van der Waals surface area contributed by atoms with Gasteiger partial charge in [-0.3, -0.25) is 9.79 Å². The first-order valence-corrected chi connectivity index (χ1v) is 8.78. The normalized spacial score (nSPS) is 15.2. The van der Waals surface area contributed by atoms with Gasteiger partial charge in [0.2, 0.25) is 5.91 Å². The van der Waals surface area contributed by atoms with Crippen LogP contribution in [0.4, 0.5) is 13.2 Å². The second kappa shape index (κ2) is 11.4. The van der Waals surface area contributed by atoms with Gasteiger partial charge in [0.15, 0.2) is 5.96 Å². The van der Waals surface area contributed by atoms with Crippen molar-refractivity contribution in [3.8, 4) is 0 Å². The third-order valence-corrected chi connectivity index (χ3v) is 4.30. The topological polar surface area (TPSA) is 65.5 Å². The van der Waals surface area contributed by atoms with Crippen LogP contribution in [0.1, 0.15) is 43.2 Å². The van der Waals surface area contributed by atoms with Crippen molar-refractivity contribution in [2.24, 2.45) is 4.99 Å². The smallest absolute Gasteiger partial charge is 0.356 e. The van der Waals surface area contributed by atoms with Crippen LogP contribution >= 0.6 is 24.0 Å². The van der Waals surface area contributed by atoms with Gasteiger partial charge in [-0.2, -0.15) is 13.2 Å². The average Bonchev–Trinajstić information content (AvgIpc) is 3.10. The average molecular weight is 498 g/mol. The minimum absolute atomic E-state index is 0. The first-order chi connectivity index (χ1) is 12.4. The molecule has 152 valence electrons. The Morgan fingerprint density at radius 3 is 2.56 bits per heavy atom. The maximum atomic E-state index is 12.7. The number of nitrogens with zero attached hydrogens (tertiary/aromatic N) is 1. The zero-order valence-corrected chi connectivity index (χ0v) is 17.6. The lowest BCUT2D eigenvalue weighted by atomic mass is 10.1. The summed E-state index contributed by atoms with van der Waals surface area (Å²) in [6.07, 6.45) is 0.368. The Hall–Kier alpha value is -1.52. The molecule has 1 aliphatic rings. The summed E-state index contributed by atoms with van der Waals surface area (Å²) in [6.45, 7) is 0.610. The molecule has 27 heavy (non-hydrogen) atoms. The maximum Gasteiger partial charge on any atom is 0.416 e. The van der Waals surface area contributed by atoms with Gasteiger partial charge in [-0.25, -0.2) is 0 Å². The number of alkyl halides is 3. The van der Waals surface area contributed by atoms with Crippen LogP contribution in [0.5, 0.6) is 0 Å². The SMILES string of the molecule is CN=C(NCCC(=O)NC1CCCC1)NCc1cccc(C(F)(F)F)c1.I. The number of guanidine groups is 1. The van der Waals surface area contributed by atoms with Crippen LogP contribution < -0.4 is 16.0 Å². The van der Waals surface area contributed by atoms with E-state index in [4.69, 9.17) is 0 Å². The van der Waals surface area contributed by atoms with Gasteiger partial charge in [0.25, 0.3) is 0 Å². The number of hydrogen-bond donors (Lipinski definition) is 3.